The van der Waals surface area contributed by atoms with Gasteiger partial charge in [0.05, 0.1) is 4.88 Å². The molecule has 1 saturated heterocycles. The van der Waals surface area contributed by atoms with Crippen molar-refractivity contribution in [2.75, 3.05) is 13.1 Å². The first-order chi connectivity index (χ1) is 6.66. The smallest absolute Gasteiger partial charge is 0.264 e. The summed E-state index contributed by atoms with van der Waals surface area (Å²) in [6, 6.07) is 2.01. The monoisotopic (exact) mass is 274 g/mol. The van der Waals surface area contributed by atoms with Crippen LogP contribution in [0.15, 0.2) is 15.9 Å². The Labute approximate surface area is 95.0 Å². The molecule has 14 heavy (non-hydrogen) atoms. The Morgan fingerprint density at radius 2 is 2.50 bits per heavy atom. The molecule has 1 aromatic rings. The Balaban J connectivity index is 2.09. The molecule has 5 heteroatoms. The van der Waals surface area contributed by atoms with Gasteiger partial charge in [-0.15, -0.1) is 11.3 Å². The first-order valence-corrected chi connectivity index (χ1v) is 6.13. The van der Waals surface area contributed by atoms with E-state index in [1.807, 2.05) is 16.3 Å². The Bertz CT molecular complexity index is 352. The molecule has 0 saturated carbocycles. The summed E-state index contributed by atoms with van der Waals surface area (Å²) in [6.45, 7) is 1.48. The second kappa shape index (κ2) is 4.00. The van der Waals surface area contributed by atoms with E-state index >= 15 is 0 Å². The van der Waals surface area contributed by atoms with Crippen molar-refractivity contribution in [3.05, 3.63) is 20.8 Å². The lowest BCUT2D eigenvalue weighted by molar-refractivity contribution is 0.0795. The number of nitrogens with zero attached hydrogens (tertiary/aromatic N) is 1. The van der Waals surface area contributed by atoms with Crippen LogP contribution in [0, 0.1) is 0 Å². The van der Waals surface area contributed by atoms with Crippen LogP contribution in [-0.4, -0.2) is 29.9 Å². The molecule has 2 N–H and O–H groups in total. The highest BCUT2D eigenvalue weighted by atomic mass is 79.9. The van der Waals surface area contributed by atoms with Crippen LogP contribution in [0.5, 0.6) is 0 Å². The predicted molar refractivity (Wildman–Crippen MR) is 60.5 cm³/mol. The molecule has 2 heterocycles. The summed E-state index contributed by atoms with van der Waals surface area (Å²) in [5.74, 6) is 0.105. The minimum absolute atomic E-state index is 0.105. The van der Waals surface area contributed by atoms with E-state index in [1.54, 1.807) is 0 Å². The second-order valence-electron chi connectivity index (χ2n) is 3.43. The van der Waals surface area contributed by atoms with Gasteiger partial charge in [-0.2, -0.15) is 0 Å². The summed E-state index contributed by atoms with van der Waals surface area (Å²) < 4.78 is 0.967. The summed E-state index contributed by atoms with van der Waals surface area (Å²) in [5.41, 5.74) is 5.75. The van der Waals surface area contributed by atoms with Gasteiger partial charge in [-0.3, -0.25) is 4.79 Å². The van der Waals surface area contributed by atoms with Gasteiger partial charge in [0.25, 0.3) is 5.91 Å². The molecule has 0 spiro atoms. The maximum Gasteiger partial charge on any atom is 0.264 e. The van der Waals surface area contributed by atoms with Gasteiger partial charge < -0.3 is 10.6 Å². The van der Waals surface area contributed by atoms with Crippen molar-refractivity contribution >= 4 is 33.2 Å². The number of thiophene rings is 1. The normalized spacial score (nSPS) is 21.6. The van der Waals surface area contributed by atoms with Crippen molar-refractivity contribution in [1.29, 1.82) is 0 Å². The van der Waals surface area contributed by atoms with Gasteiger partial charge in [-0.1, -0.05) is 0 Å². The van der Waals surface area contributed by atoms with Gasteiger partial charge in [0.1, 0.15) is 0 Å². The van der Waals surface area contributed by atoms with Crippen molar-refractivity contribution in [2.45, 2.75) is 12.5 Å². The number of rotatable bonds is 1. The molecule has 0 radical (unpaired) electrons. The number of likely N-dealkylation sites (tertiary alicyclic amines) is 1. The van der Waals surface area contributed by atoms with Crippen molar-refractivity contribution in [2.24, 2.45) is 5.73 Å². The quantitative estimate of drug-likeness (QED) is 0.847. The van der Waals surface area contributed by atoms with Crippen LogP contribution in [0.3, 0.4) is 0 Å². The number of hydrogen-bond donors (Lipinski definition) is 1. The molecule has 2 rings (SSSR count). The molecular formula is C9H11BrN2OS. The fourth-order valence-corrected chi connectivity index (χ4v) is 2.95. The van der Waals surface area contributed by atoms with Crippen LogP contribution < -0.4 is 5.73 Å². The molecule has 0 aliphatic carbocycles. The number of nitrogens with two attached hydrogens (primary N) is 1. The molecule has 1 aliphatic heterocycles. The summed E-state index contributed by atoms with van der Waals surface area (Å²) >= 11 is 4.80. The summed E-state index contributed by atoms with van der Waals surface area (Å²) in [5, 5.41) is 1.92. The van der Waals surface area contributed by atoms with Crippen LogP contribution in [-0.2, 0) is 0 Å². The number of hydrogen-bond acceptors (Lipinski definition) is 3. The van der Waals surface area contributed by atoms with Gasteiger partial charge >= 0.3 is 0 Å². The standard InChI is InChI=1S/C9H11BrN2OS/c10-6-3-8(14-5-6)9(13)12-2-1-7(11)4-12/h3,5,7H,1-2,4,11H2. The maximum absolute atomic E-state index is 11.9. The van der Waals surface area contributed by atoms with E-state index in [-0.39, 0.29) is 11.9 Å². The van der Waals surface area contributed by atoms with Crippen LogP contribution in [0.4, 0.5) is 0 Å². The van der Waals surface area contributed by atoms with E-state index in [2.05, 4.69) is 15.9 Å². The lowest BCUT2D eigenvalue weighted by atomic mass is 10.3. The van der Waals surface area contributed by atoms with Gasteiger partial charge in [-0.25, -0.2) is 0 Å². The zero-order valence-corrected chi connectivity index (χ0v) is 9.97. The Kier molecular flexibility index (Phi) is 2.90. The van der Waals surface area contributed by atoms with E-state index in [0.29, 0.717) is 6.54 Å². The first kappa shape index (κ1) is 10.1. The highest BCUT2D eigenvalue weighted by Crippen LogP contribution is 2.22. The molecular weight excluding hydrogens is 264 g/mol. The van der Waals surface area contributed by atoms with Crippen LogP contribution in [0.2, 0.25) is 0 Å². The van der Waals surface area contributed by atoms with E-state index in [1.165, 1.54) is 11.3 Å². The molecule has 1 amide bonds. The number of carbonyl (C=O) groups is 1. The molecule has 1 unspecified atom stereocenters. The lowest BCUT2D eigenvalue weighted by Gasteiger charge is -2.13. The fourth-order valence-electron chi connectivity index (χ4n) is 1.55. The van der Waals surface area contributed by atoms with Crippen LogP contribution >= 0.6 is 27.3 Å². The third-order valence-corrected chi connectivity index (χ3v) is 3.97. The van der Waals surface area contributed by atoms with Crippen LogP contribution in [0.1, 0.15) is 16.1 Å². The summed E-state index contributed by atoms with van der Waals surface area (Å²) in [6.07, 6.45) is 0.915. The van der Waals surface area contributed by atoms with Gasteiger partial charge in [0, 0.05) is 29.0 Å². The minimum atomic E-state index is 0.105. The van der Waals surface area contributed by atoms with Crippen LogP contribution in [0.25, 0.3) is 0 Å². The summed E-state index contributed by atoms with van der Waals surface area (Å²) in [4.78, 5) is 14.5. The molecule has 1 aliphatic rings. The maximum atomic E-state index is 11.9. The lowest BCUT2D eigenvalue weighted by Crippen LogP contribution is -2.31. The van der Waals surface area contributed by atoms with Crippen molar-refractivity contribution in [3.63, 3.8) is 0 Å². The zero-order chi connectivity index (χ0) is 10.1. The van der Waals surface area contributed by atoms with E-state index in [4.69, 9.17) is 5.73 Å². The predicted octanol–water partition coefficient (Wildman–Crippen LogP) is 1.68. The number of carbonyl (C=O) groups excluding carboxylic acids is 1. The van der Waals surface area contributed by atoms with E-state index in [0.717, 1.165) is 22.3 Å². The van der Waals surface area contributed by atoms with Gasteiger partial charge in [0.15, 0.2) is 0 Å². The highest BCUT2D eigenvalue weighted by molar-refractivity contribution is 9.10. The topological polar surface area (TPSA) is 46.3 Å². The van der Waals surface area contributed by atoms with Crippen molar-refractivity contribution in [1.82, 2.24) is 4.90 Å². The highest BCUT2D eigenvalue weighted by Gasteiger charge is 2.25. The third kappa shape index (κ3) is 1.99. The molecule has 0 bridgehead atoms. The molecule has 1 aromatic heterocycles. The Morgan fingerprint density at radius 1 is 1.71 bits per heavy atom. The average molecular weight is 275 g/mol. The fraction of sp³-hybridized carbons (Fsp3) is 0.444. The molecule has 76 valence electrons. The van der Waals surface area contributed by atoms with Crippen molar-refractivity contribution < 1.29 is 4.79 Å². The molecule has 3 nitrogen and oxygen atoms in total. The molecule has 0 aromatic carbocycles. The SMILES string of the molecule is NC1CCN(C(=O)c2cc(Br)cs2)C1. The van der Waals surface area contributed by atoms with Gasteiger partial charge in [-0.05, 0) is 28.4 Å². The summed E-state index contributed by atoms with van der Waals surface area (Å²) in [7, 11) is 0. The number of amides is 1. The molecule has 1 fully saturated rings. The first-order valence-electron chi connectivity index (χ1n) is 4.45. The molecule has 1 atom stereocenters. The minimum Gasteiger partial charge on any atom is -0.336 e. The Morgan fingerprint density at radius 3 is 3.00 bits per heavy atom. The van der Waals surface area contributed by atoms with E-state index < -0.39 is 0 Å². The number of halogens is 1. The average Bonchev–Trinajstić information content (AvgIpc) is 2.73. The van der Waals surface area contributed by atoms with Crippen molar-refractivity contribution in [3.8, 4) is 0 Å². The van der Waals surface area contributed by atoms with E-state index in [9.17, 15) is 4.79 Å². The zero-order valence-electron chi connectivity index (χ0n) is 7.57. The largest absolute Gasteiger partial charge is 0.336 e. The Hall–Kier alpha value is -0.390. The third-order valence-electron chi connectivity index (χ3n) is 2.29. The second-order valence-corrected chi connectivity index (χ2v) is 5.26. The van der Waals surface area contributed by atoms with Gasteiger partial charge in [0.2, 0.25) is 0 Å².